The van der Waals surface area contributed by atoms with E-state index < -0.39 is 0 Å². The van der Waals surface area contributed by atoms with E-state index in [-0.39, 0.29) is 30.8 Å². The van der Waals surface area contributed by atoms with Crippen molar-refractivity contribution in [2.24, 2.45) is 0 Å². The molecule has 2 rings (SSSR count). The van der Waals surface area contributed by atoms with Crippen LogP contribution in [0.15, 0.2) is 0 Å². The lowest BCUT2D eigenvalue weighted by atomic mass is 10.2. The number of halogens is 2. The molecule has 2 saturated heterocycles. The molecule has 1 unspecified atom stereocenters. The van der Waals surface area contributed by atoms with Gasteiger partial charge >= 0.3 is 6.03 Å². The molecular formula is C11H24Cl2N4O. The van der Waals surface area contributed by atoms with Crippen LogP contribution in [0.5, 0.6) is 0 Å². The fraction of sp³-hybridized carbons (Fsp3) is 0.909. The second-order valence-electron chi connectivity index (χ2n) is 4.87. The number of likely N-dealkylation sites (N-methyl/N-ethyl adjacent to an activating group) is 1. The van der Waals surface area contributed by atoms with Gasteiger partial charge in [-0.25, -0.2) is 4.79 Å². The molecule has 0 bridgehead atoms. The Hall–Kier alpha value is -0.230. The standard InChI is InChI=1S/C11H22N4O.2ClH/c1-10-9-15(4-3-12-10)11(16)14-7-5-13(2)6-8-14;;/h10,12H,3-9H2,1-2H3;2*1H. The summed E-state index contributed by atoms with van der Waals surface area (Å²) in [6.07, 6.45) is 0. The van der Waals surface area contributed by atoms with Gasteiger partial charge in [0, 0.05) is 51.9 Å². The van der Waals surface area contributed by atoms with E-state index in [0.29, 0.717) is 6.04 Å². The lowest BCUT2D eigenvalue weighted by molar-refractivity contribution is 0.113. The van der Waals surface area contributed by atoms with E-state index in [2.05, 4.69) is 24.2 Å². The van der Waals surface area contributed by atoms with Crippen LogP contribution in [0.1, 0.15) is 6.92 Å². The van der Waals surface area contributed by atoms with Gasteiger partial charge in [0.25, 0.3) is 0 Å². The lowest BCUT2D eigenvalue weighted by Gasteiger charge is -2.39. The minimum absolute atomic E-state index is 0. The quantitative estimate of drug-likeness (QED) is 0.707. The Morgan fingerprint density at radius 2 is 1.67 bits per heavy atom. The van der Waals surface area contributed by atoms with E-state index in [0.717, 1.165) is 45.8 Å². The first-order chi connectivity index (χ1) is 7.66. The zero-order valence-electron chi connectivity index (χ0n) is 11.1. The maximum absolute atomic E-state index is 12.2. The SMILES string of the molecule is CC1CN(C(=O)N2CCN(C)CC2)CCN1.Cl.Cl. The van der Waals surface area contributed by atoms with Gasteiger partial charge in [-0.3, -0.25) is 0 Å². The molecule has 2 aliphatic rings. The first kappa shape index (κ1) is 17.8. The molecule has 1 atom stereocenters. The summed E-state index contributed by atoms with van der Waals surface area (Å²) >= 11 is 0. The number of carbonyl (C=O) groups is 1. The molecule has 0 radical (unpaired) electrons. The van der Waals surface area contributed by atoms with Crippen molar-refractivity contribution in [3.63, 3.8) is 0 Å². The Labute approximate surface area is 122 Å². The van der Waals surface area contributed by atoms with Crippen molar-refractivity contribution < 1.29 is 4.79 Å². The highest BCUT2D eigenvalue weighted by molar-refractivity contribution is 5.85. The third-order valence-corrected chi connectivity index (χ3v) is 3.41. The van der Waals surface area contributed by atoms with E-state index in [1.54, 1.807) is 0 Å². The van der Waals surface area contributed by atoms with E-state index in [9.17, 15) is 4.79 Å². The maximum atomic E-state index is 12.2. The molecule has 2 heterocycles. The summed E-state index contributed by atoms with van der Waals surface area (Å²) in [5, 5.41) is 3.36. The second-order valence-corrected chi connectivity index (χ2v) is 4.87. The average Bonchev–Trinajstić information content (AvgIpc) is 2.29. The highest BCUT2D eigenvalue weighted by atomic mass is 35.5. The van der Waals surface area contributed by atoms with Crippen molar-refractivity contribution in [1.29, 1.82) is 0 Å². The van der Waals surface area contributed by atoms with Gasteiger partial charge in [0.05, 0.1) is 0 Å². The van der Waals surface area contributed by atoms with Gasteiger partial charge in [0.15, 0.2) is 0 Å². The Balaban J connectivity index is 0.00000144. The third kappa shape index (κ3) is 4.46. The topological polar surface area (TPSA) is 38.8 Å². The fourth-order valence-electron chi connectivity index (χ4n) is 2.30. The lowest BCUT2D eigenvalue weighted by Crippen LogP contribution is -2.57. The Morgan fingerprint density at radius 1 is 1.06 bits per heavy atom. The van der Waals surface area contributed by atoms with Crippen molar-refractivity contribution in [3.05, 3.63) is 0 Å². The number of nitrogens with one attached hydrogen (secondary N) is 1. The summed E-state index contributed by atoms with van der Waals surface area (Å²) in [6.45, 7) is 8.45. The Bertz CT molecular complexity index is 259. The molecule has 0 aromatic carbocycles. The third-order valence-electron chi connectivity index (χ3n) is 3.41. The molecule has 2 aliphatic heterocycles. The molecule has 1 N–H and O–H groups in total. The van der Waals surface area contributed by atoms with Crippen molar-refractivity contribution in [2.75, 3.05) is 52.9 Å². The summed E-state index contributed by atoms with van der Waals surface area (Å²) in [4.78, 5) is 18.4. The van der Waals surface area contributed by atoms with E-state index >= 15 is 0 Å². The van der Waals surface area contributed by atoms with Crippen molar-refractivity contribution in [1.82, 2.24) is 20.0 Å². The summed E-state index contributed by atoms with van der Waals surface area (Å²) in [5.74, 6) is 0. The fourth-order valence-corrected chi connectivity index (χ4v) is 2.30. The zero-order chi connectivity index (χ0) is 11.5. The van der Waals surface area contributed by atoms with E-state index in [4.69, 9.17) is 0 Å². The Kier molecular flexibility index (Phi) is 7.94. The molecule has 108 valence electrons. The number of urea groups is 1. The second kappa shape index (κ2) is 8.04. The summed E-state index contributed by atoms with van der Waals surface area (Å²) in [6, 6.07) is 0.645. The predicted molar refractivity (Wildman–Crippen MR) is 78.0 cm³/mol. The Morgan fingerprint density at radius 3 is 2.22 bits per heavy atom. The molecular weight excluding hydrogens is 275 g/mol. The minimum atomic E-state index is 0. The van der Waals surface area contributed by atoms with Crippen LogP contribution in [0, 0.1) is 0 Å². The smallest absolute Gasteiger partial charge is 0.320 e. The molecule has 0 aromatic heterocycles. The number of piperazine rings is 2. The molecule has 2 amide bonds. The van der Waals surface area contributed by atoms with Crippen LogP contribution in [0.3, 0.4) is 0 Å². The molecule has 2 fully saturated rings. The molecule has 7 heteroatoms. The number of amides is 2. The van der Waals surface area contributed by atoms with Gasteiger partial charge in [0.2, 0.25) is 0 Å². The molecule has 0 aromatic rings. The summed E-state index contributed by atoms with van der Waals surface area (Å²) in [7, 11) is 2.11. The predicted octanol–water partition coefficient (Wildman–Crippen LogP) is 0.491. The van der Waals surface area contributed by atoms with Crippen molar-refractivity contribution in [2.45, 2.75) is 13.0 Å². The maximum Gasteiger partial charge on any atom is 0.320 e. The van der Waals surface area contributed by atoms with Crippen LogP contribution >= 0.6 is 24.8 Å². The van der Waals surface area contributed by atoms with Gasteiger partial charge in [-0.05, 0) is 14.0 Å². The van der Waals surface area contributed by atoms with E-state index in [1.165, 1.54) is 0 Å². The minimum Gasteiger partial charge on any atom is -0.322 e. The van der Waals surface area contributed by atoms with Crippen molar-refractivity contribution >= 4 is 30.8 Å². The molecule has 0 spiro atoms. The average molecular weight is 299 g/mol. The van der Waals surface area contributed by atoms with Crippen LogP contribution in [-0.2, 0) is 0 Å². The van der Waals surface area contributed by atoms with Gasteiger partial charge in [-0.15, -0.1) is 24.8 Å². The van der Waals surface area contributed by atoms with Crippen LogP contribution in [0.2, 0.25) is 0 Å². The molecule has 0 saturated carbocycles. The van der Waals surface area contributed by atoms with Gasteiger partial charge in [0.1, 0.15) is 0 Å². The number of nitrogens with zero attached hydrogens (tertiary/aromatic N) is 3. The largest absolute Gasteiger partial charge is 0.322 e. The van der Waals surface area contributed by atoms with E-state index in [1.807, 2.05) is 9.80 Å². The number of hydrogen-bond acceptors (Lipinski definition) is 3. The number of rotatable bonds is 0. The highest BCUT2D eigenvalue weighted by Crippen LogP contribution is 2.07. The summed E-state index contributed by atoms with van der Waals surface area (Å²) < 4.78 is 0. The first-order valence-electron chi connectivity index (χ1n) is 6.12. The normalized spacial score (nSPS) is 25.1. The van der Waals surface area contributed by atoms with Gasteiger partial charge in [-0.1, -0.05) is 0 Å². The van der Waals surface area contributed by atoms with Gasteiger partial charge in [-0.2, -0.15) is 0 Å². The highest BCUT2D eigenvalue weighted by Gasteiger charge is 2.26. The first-order valence-corrected chi connectivity index (χ1v) is 6.12. The van der Waals surface area contributed by atoms with Crippen molar-refractivity contribution in [3.8, 4) is 0 Å². The van der Waals surface area contributed by atoms with Crippen LogP contribution < -0.4 is 5.32 Å². The van der Waals surface area contributed by atoms with Crippen LogP contribution in [0.25, 0.3) is 0 Å². The molecule has 0 aliphatic carbocycles. The molecule has 5 nitrogen and oxygen atoms in total. The number of carbonyl (C=O) groups excluding carboxylic acids is 1. The zero-order valence-corrected chi connectivity index (χ0v) is 12.7. The number of hydrogen-bond donors (Lipinski definition) is 1. The molecule has 18 heavy (non-hydrogen) atoms. The van der Waals surface area contributed by atoms with Gasteiger partial charge < -0.3 is 20.0 Å². The van der Waals surface area contributed by atoms with Crippen LogP contribution in [0.4, 0.5) is 4.79 Å². The monoisotopic (exact) mass is 298 g/mol. The summed E-state index contributed by atoms with van der Waals surface area (Å²) in [5.41, 5.74) is 0. The van der Waals surface area contributed by atoms with Crippen LogP contribution in [-0.4, -0.2) is 79.6 Å².